The van der Waals surface area contributed by atoms with Gasteiger partial charge in [0.2, 0.25) is 5.91 Å². The van der Waals surface area contributed by atoms with Gasteiger partial charge in [-0.05, 0) is 29.3 Å². The van der Waals surface area contributed by atoms with Crippen LogP contribution in [-0.4, -0.2) is 20.5 Å². The largest absolute Gasteiger partial charge is 0.273 e. The molecule has 0 aromatic carbocycles. The molecule has 1 amide bonds. The Balaban J connectivity index is 4.18. The predicted molar refractivity (Wildman–Crippen MR) is 98.4 cm³/mol. The molecule has 19 heavy (non-hydrogen) atoms. The van der Waals surface area contributed by atoms with Crippen LogP contribution in [0.3, 0.4) is 0 Å². The first-order valence-corrected chi connectivity index (χ1v) is 9.49. The molecular formula is C14H24INOS2. The minimum atomic E-state index is 0.0585. The molecule has 0 saturated carbocycles. The number of hydrogen-bond donors (Lipinski definition) is 0. The number of hydrogen-bond acceptors (Lipinski definition) is 3. The van der Waals surface area contributed by atoms with Gasteiger partial charge in [0.15, 0.2) is 0 Å². The van der Waals surface area contributed by atoms with Crippen molar-refractivity contribution < 1.29 is 4.79 Å². The van der Waals surface area contributed by atoms with Crippen LogP contribution in [0.2, 0.25) is 0 Å². The standard InChI is InChI=1S/C14H24INOS2/c1-6-8-11(3)14(17)16(15)13(5)19-12(4)9-10-18-7-2/h11H,4-10H2,1-3H3. The van der Waals surface area contributed by atoms with Crippen LogP contribution in [0, 0.1) is 5.92 Å². The van der Waals surface area contributed by atoms with Crippen molar-refractivity contribution in [1.82, 2.24) is 3.11 Å². The lowest BCUT2D eigenvalue weighted by Gasteiger charge is -2.20. The number of amides is 1. The molecule has 0 rings (SSSR count). The molecule has 0 aliphatic rings. The van der Waals surface area contributed by atoms with Gasteiger partial charge in [-0.25, -0.2) is 3.11 Å². The first-order chi connectivity index (χ1) is 8.93. The quantitative estimate of drug-likeness (QED) is 0.269. The molecule has 0 heterocycles. The summed E-state index contributed by atoms with van der Waals surface area (Å²) < 4.78 is 1.64. The Kier molecular flexibility index (Phi) is 11.3. The fourth-order valence-electron chi connectivity index (χ4n) is 1.46. The molecule has 5 heteroatoms. The second-order valence-electron chi connectivity index (χ2n) is 4.29. The molecular weight excluding hydrogens is 389 g/mol. The number of allylic oxidation sites excluding steroid dienone is 1. The Morgan fingerprint density at radius 3 is 2.53 bits per heavy atom. The zero-order chi connectivity index (χ0) is 14.8. The van der Waals surface area contributed by atoms with E-state index in [1.165, 1.54) is 11.8 Å². The predicted octanol–water partition coefficient (Wildman–Crippen LogP) is 5.46. The monoisotopic (exact) mass is 413 g/mol. The molecule has 0 saturated heterocycles. The summed E-state index contributed by atoms with van der Waals surface area (Å²) in [4.78, 5) is 13.2. The second-order valence-corrected chi connectivity index (χ2v) is 7.90. The van der Waals surface area contributed by atoms with Gasteiger partial charge >= 0.3 is 0 Å². The van der Waals surface area contributed by atoms with Crippen LogP contribution in [0.5, 0.6) is 0 Å². The van der Waals surface area contributed by atoms with E-state index in [0.717, 1.165) is 40.7 Å². The lowest BCUT2D eigenvalue weighted by molar-refractivity contribution is -0.127. The minimum Gasteiger partial charge on any atom is -0.273 e. The van der Waals surface area contributed by atoms with Crippen LogP contribution in [0.4, 0.5) is 0 Å². The summed E-state index contributed by atoms with van der Waals surface area (Å²) >= 11 is 5.46. The SMILES string of the molecule is C=C(CCSCC)SC(=C)N(I)C(=O)C(C)CCC. The van der Waals surface area contributed by atoms with Gasteiger partial charge in [0.25, 0.3) is 0 Å². The van der Waals surface area contributed by atoms with Gasteiger partial charge in [-0.15, -0.1) is 0 Å². The van der Waals surface area contributed by atoms with E-state index in [2.05, 4.69) is 27.0 Å². The van der Waals surface area contributed by atoms with E-state index in [-0.39, 0.29) is 11.8 Å². The fraction of sp³-hybridized carbons (Fsp3) is 0.643. The molecule has 0 aromatic rings. The molecule has 0 fully saturated rings. The van der Waals surface area contributed by atoms with Crippen molar-refractivity contribution in [3.8, 4) is 0 Å². The van der Waals surface area contributed by atoms with Crippen molar-refractivity contribution in [2.24, 2.45) is 5.92 Å². The number of carbonyl (C=O) groups excluding carboxylic acids is 1. The zero-order valence-electron chi connectivity index (χ0n) is 12.1. The van der Waals surface area contributed by atoms with Crippen molar-refractivity contribution >= 4 is 52.3 Å². The van der Waals surface area contributed by atoms with E-state index in [0.29, 0.717) is 0 Å². The van der Waals surface area contributed by atoms with Crippen molar-refractivity contribution in [1.29, 1.82) is 0 Å². The highest BCUT2D eigenvalue weighted by Crippen LogP contribution is 2.32. The first kappa shape index (κ1) is 19.4. The second kappa shape index (κ2) is 11.1. The summed E-state index contributed by atoms with van der Waals surface area (Å²) in [6, 6.07) is 0. The van der Waals surface area contributed by atoms with E-state index >= 15 is 0 Å². The Labute approximate surface area is 140 Å². The Hall–Kier alpha value is 0.380. The topological polar surface area (TPSA) is 20.3 Å². The third kappa shape index (κ3) is 8.30. The molecule has 0 spiro atoms. The molecule has 0 radical (unpaired) electrons. The maximum absolute atomic E-state index is 12.1. The van der Waals surface area contributed by atoms with Crippen molar-refractivity contribution in [2.45, 2.75) is 40.0 Å². The number of thioether (sulfide) groups is 2. The van der Waals surface area contributed by atoms with Crippen molar-refractivity contribution in [3.05, 3.63) is 23.1 Å². The molecule has 0 aliphatic carbocycles. The Morgan fingerprint density at radius 1 is 1.37 bits per heavy atom. The van der Waals surface area contributed by atoms with Gasteiger partial charge < -0.3 is 0 Å². The summed E-state index contributed by atoms with van der Waals surface area (Å²) in [6.45, 7) is 14.2. The maximum atomic E-state index is 12.1. The van der Waals surface area contributed by atoms with Gasteiger partial charge in [-0.2, -0.15) is 11.8 Å². The van der Waals surface area contributed by atoms with Crippen molar-refractivity contribution in [2.75, 3.05) is 11.5 Å². The summed E-state index contributed by atoms with van der Waals surface area (Å²) in [5, 5.41) is 0.764. The van der Waals surface area contributed by atoms with Gasteiger partial charge in [-0.1, -0.05) is 52.1 Å². The molecule has 0 aromatic heterocycles. The molecule has 0 bridgehead atoms. The minimum absolute atomic E-state index is 0.0585. The summed E-state index contributed by atoms with van der Waals surface area (Å²) in [7, 11) is 0. The summed E-state index contributed by atoms with van der Waals surface area (Å²) in [5.74, 6) is 2.40. The lowest BCUT2D eigenvalue weighted by atomic mass is 10.1. The number of halogens is 1. The highest BCUT2D eigenvalue weighted by molar-refractivity contribution is 14.1. The van der Waals surface area contributed by atoms with E-state index in [4.69, 9.17) is 0 Å². The van der Waals surface area contributed by atoms with Crippen molar-refractivity contribution in [3.63, 3.8) is 0 Å². The van der Waals surface area contributed by atoms with Gasteiger partial charge in [0, 0.05) is 5.92 Å². The molecule has 1 unspecified atom stereocenters. The number of rotatable bonds is 10. The summed E-state index contributed by atoms with van der Waals surface area (Å²) in [6.07, 6.45) is 2.91. The van der Waals surface area contributed by atoms with E-state index in [1.807, 2.05) is 41.6 Å². The van der Waals surface area contributed by atoms with E-state index < -0.39 is 0 Å². The third-order valence-corrected chi connectivity index (χ3v) is 5.74. The maximum Gasteiger partial charge on any atom is 0.239 e. The highest BCUT2D eigenvalue weighted by Gasteiger charge is 2.20. The van der Waals surface area contributed by atoms with Crippen LogP contribution >= 0.6 is 46.4 Å². The molecule has 110 valence electrons. The fourth-order valence-corrected chi connectivity index (χ4v) is 3.75. The normalized spacial score (nSPS) is 12.0. The molecule has 2 nitrogen and oxygen atoms in total. The first-order valence-electron chi connectivity index (χ1n) is 6.56. The average molecular weight is 413 g/mol. The third-order valence-electron chi connectivity index (χ3n) is 2.55. The van der Waals surface area contributed by atoms with Crippen LogP contribution in [0.25, 0.3) is 0 Å². The zero-order valence-corrected chi connectivity index (χ0v) is 15.9. The molecule has 0 aliphatic heterocycles. The molecule has 0 N–H and O–H groups in total. The number of nitrogens with zero attached hydrogens (tertiary/aromatic N) is 1. The number of carbonyl (C=O) groups is 1. The Bertz CT molecular complexity index is 321. The Morgan fingerprint density at radius 2 is 2.00 bits per heavy atom. The smallest absolute Gasteiger partial charge is 0.239 e. The average Bonchev–Trinajstić information content (AvgIpc) is 2.37. The highest BCUT2D eigenvalue weighted by atomic mass is 127. The van der Waals surface area contributed by atoms with Crippen LogP contribution in [-0.2, 0) is 4.79 Å². The van der Waals surface area contributed by atoms with Gasteiger partial charge in [0.1, 0.15) is 0 Å². The van der Waals surface area contributed by atoms with Crippen LogP contribution in [0.15, 0.2) is 23.1 Å². The van der Waals surface area contributed by atoms with Crippen LogP contribution in [0.1, 0.15) is 40.0 Å². The summed E-state index contributed by atoms with van der Waals surface area (Å²) in [5.41, 5.74) is 0. The van der Waals surface area contributed by atoms with Gasteiger partial charge in [0.05, 0.1) is 27.9 Å². The molecule has 1 atom stereocenters. The van der Waals surface area contributed by atoms with Gasteiger partial charge in [-0.3, -0.25) is 4.79 Å². The van der Waals surface area contributed by atoms with E-state index in [1.54, 1.807) is 3.11 Å². The van der Waals surface area contributed by atoms with Crippen LogP contribution < -0.4 is 0 Å². The van der Waals surface area contributed by atoms with E-state index in [9.17, 15) is 4.79 Å². The lowest BCUT2D eigenvalue weighted by Crippen LogP contribution is -2.25.